The largest absolute Gasteiger partial charge is 0.294 e. The highest BCUT2D eigenvalue weighted by atomic mass is 16.1. The van der Waals surface area contributed by atoms with E-state index in [0.29, 0.717) is 11.1 Å². The first-order valence-corrected chi connectivity index (χ1v) is 7.69. The van der Waals surface area contributed by atoms with Crippen molar-refractivity contribution in [2.45, 2.75) is 32.2 Å². The van der Waals surface area contributed by atoms with Crippen LogP contribution >= 0.6 is 0 Å². The first-order valence-electron chi connectivity index (χ1n) is 7.69. The number of nitrogens with zero attached hydrogens (tertiary/aromatic N) is 2. The average molecular weight is 302 g/mol. The fourth-order valence-corrected chi connectivity index (χ4v) is 3.04. The monoisotopic (exact) mass is 302 g/mol. The maximum absolute atomic E-state index is 12.5. The second kappa shape index (κ2) is 5.81. The van der Waals surface area contributed by atoms with Gasteiger partial charge in [-0.1, -0.05) is 36.4 Å². The van der Waals surface area contributed by atoms with E-state index in [1.165, 1.54) is 0 Å². The van der Waals surface area contributed by atoms with E-state index in [-0.39, 0.29) is 17.7 Å². The van der Waals surface area contributed by atoms with Gasteiger partial charge in [0.15, 0.2) is 5.78 Å². The van der Waals surface area contributed by atoms with Gasteiger partial charge in [-0.3, -0.25) is 9.79 Å². The number of benzene rings is 2. The van der Waals surface area contributed by atoms with Crippen LogP contribution in [0.4, 0.5) is 0 Å². The van der Waals surface area contributed by atoms with Crippen molar-refractivity contribution in [1.82, 2.24) is 0 Å². The molecular formula is C20H18N2O. The van der Waals surface area contributed by atoms with Gasteiger partial charge in [0.05, 0.1) is 29.3 Å². The molecule has 0 amide bonds. The molecule has 1 heterocycles. The Bertz CT molecular complexity index is 826. The molecule has 0 bridgehead atoms. The smallest absolute Gasteiger partial charge is 0.168 e. The third-order valence-corrected chi connectivity index (χ3v) is 4.03. The lowest BCUT2D eigenvalue weighted by molar-refractivity contribution is 0.100. The Morgan fingerprint density at radius 2 is 1.96 bits per heavy atom. The molecule has 3 heteroatoms. The van der Waals surface area contributed by atoms with Gasteiger partial charge in [0.1, 0.15) is 0 Å². The molecule has 1 aliphatic rings. The Kier molecular flexibility index (Phi) is 3.83. The summed E-state index contributed by atoms with van der Waals surface area (Å²) in [6.45, 7) is 4.12. The number of rotatable bonds is 3. The number of Topliss-reactive ketones (excluding diaryl/α,β-unsaturated/α-hetero) is 1. The van der Waals surface area contributed by atoms with Crippen LogP contribution in [0, 0.1) is 11.3 Å². The standard InChI is InChI=1S/C20H18N2O/c1-20(2)12-16-10-14(13-21)8-9-17(16)18(22-20)11-19(23)15-6-4-3-5-7-15/h3-10H,11-12H2,1-2H3. The minimum absolute atomic E-state index is 0.0670. The molecule has 2 aromatic carbocycles. The summed E-state index contributed by atoms with van der Waals surface area (Å²) in [5.41, 5.74) is 4.00. The van der Waals surface area contributed by atoms with Crippen molar-refractivity contribution in [2.24, 2.45) is 4.99 Å². The summed E-state index contributed by atoms with van der Waals surface area (Å²) in [4.78, 5) is 17.3. The summed E-state index contributed by atoms with van der Waals surface area (Å²) in [6, 6.07) is 17.1. The fraction of sp³-hybridized carbons (Fsp3) is 0.250. The van der Waals surface area contributed by atoms with E-state index in [4.69, 9.17) is 10.3 Å². The molecular weight excluding hydrogens is 284 g/mol. The molecule has 0 unspecified atom stereocenters. The van der Waals surface area contributed by atoms with Gasteiger partial charge in [-0.2, -0.15) is 5.26 Å². The number of fused-ring (bicyclic) bond motifs is 1. The molecule has 23 heavy (non-hydrogen) atoms. The van der Waals surface area contributed by atoms with Gasteiger partial charge in [0, 0.05) is 5.56 Å². The number of carbonyl (C=O) groups excluding carboxylic acids is 1. The fourth-order valence-electron chi connectivity index (χ4n) is 3.04. The zero-order chi connectivity index (χ0) is 16.4. The van der Waals surface area contributed by atoms with Crippen LogP contribution in [0.2, 0.25) is 0 Å². The van der Waals surface area contributed by atoms with Crippen molar-refractivity contribution in [2.75, 3.05) is 0 Å². The van der Waals surface area contributed by atoms with Crippen molar-refractivity contribution < 1.29 is 4.79 Å². The predicted octanol–water partition coefficient (Wildman–Crippen LogP) is 3.96. The minimum atomic E-state index is -0.257. The Morgan fingerprint density at radius 1 is 1.22 bits per heavy atom. The molecule has 0 aliphatic carbocycles. The van der Waals surface area contributed by atoms with Gasteiger partial charge in [-0.15, -0.1) is 0 Å². The Morgan fingerprint density at radius 3 is 2.65 bits per heavy atom. The van der Waals surface area contributed by atoms with Gasteiger partial charge < -0.3 is 0 Å². The molecule has 114 valence electrons. The van der Waals surface area contributed by atoms with E-state index >= 15 is 0 Å². The molecule has 0 saturated heterocycles. The third-order valence-electron chi connectivity index (χ3n) is 4.03. The Labute approximate surface area is 136 Å². The van der Waals surface area contributed by atoms with Crippen molar-refractivity contribution in [1.29, 1.82) is 5.26 Å². The number of nitriles is 1. The molecule has 0 aromatic heterocycles. The molecule has 0 atom stereocenters. The Balaban J connectivity index is 1.97. The topological polar surface area (TPSA) is 53.2 Å². The summed E-state index contributed by atoms with van der Waals surface area (Å²) >= 11 is 0. The molecule has 0 fully saturated rings. The zero-order valence-corrected chi connectivity index (χ0v) is 13.3. The van der Waals surface area contributed by atoms with E-state index in [1.54, 1.807) is 6.07 Å². The summed E-state index contributed by atoms with van der Waals surface area (Å²) in [5, 5.41) is 9.09. The highest BCUT2D eigenvalue weighted by Gasteiger charge is 2.28. The number of aliphatic imine (C=N–C) groups is 1. The molecule has 3 rings (SSSR count). The average Bonchev–Trinajstić information content (AvgIpc) is 2.54. The van der Waals surface area contributed by atoms with Gasteiger partial charge >= 0.3 is 0 Å². The van der Waals surface area contributed by atoms with Crippen molar-refractivity contribution in [3.63, 3.8) is 0 Å². The second-order valence-corrected chi connectivity index (χ2v) is 6.50. The summed E-state index contributed by atoms with van der Waals surface area (Å²) in [6.07, 6.45) is 1.06. The van der Waals surface area contributed by atoms with Crippen molar-refractivity contribution in [3.05, 3.63) is 70.8 Å². The number of carbonyl (C=O) groups is 1. The normalized spacial score (nSPS) is 15.3. The van der Waals surface area contributed by atoms with Crippen LogP contribution in [-0.4, -0.2) is 17.0 Å². The quantitative estimate of drug-likeness (QED) is 0.806. The van der Waals surface area contributed by atoms with Crippen LogP contribution in [0.1, 0.15) is 47.3 Å². The minimum Gasteiger partial charge on any atom is -0.294 e. The zero-order valence-electron chi connectivity index (χ0n) is 13.3. The van der Waals surface area contributed by atoms with E-state index in [0.717, 1.165) is 23.3 Å². The molecule has 2 aromatic rings. The van der Waals surface area contributed by atoms with Crippen LogP contribution in [-0.2, 0) is 6.42 Å². The van der Waals surface area contributed by atoms with Crippen LogP contribution in [0.15, 0.2) is 53.5 Å². The van der Waals surface area contributed by atoms with Crippen molar-refractivity contribution in [3.8, 4) is 6.07 Å². The van der Waals surface area contributed by atoms with Crippen LogP contribution in [0.25, 0.3) is 0 Å². The SMILES string of the molecule is CC1(C)Cc2cc(C#N)ccc2C(CC(=O)c2ccccc2)=N1. The van der Waals surface area contributed by atoms with Gasteiger partial charge in [-0.25, -0.2) is 0 Å². The first-order chi connectivity index (χ1) is 11.0. The van der Waals surface area contributed by atoms with Gasteiger partial charge in [0.2, 0.25) is 0 Å². The maximum Gasteiger partial charge on any atom is 0.168 e. The molecule has 0 spiro atoms. The predicted molar refractivity (Wildman–Crippen MR) is 90.9 cm³/mol. The lowest BCUT2D eigenvalue weighted by atomic mass is 9.84. The van der Waals surface area contributed by atoms with Crippen LogP contribution in [0.3, 0.4) is 0 Å². The van der Waals surface area contributed by atoms with E-state index < -0.39 is 0 Å². The molecule has 0 N–H and O–H groups in total. The molecule has 3 nitrogen and oxygen atoms in total. The highest BCUT2D eigenvalue weighted by Crippen LogP contribution is 2.29. The Hall–Kier alpha value is -2.73. The molecule has 1 aliphatic heterocycles. The second-order valence-electron chi connectivity index (χ2n) is 6.50. The van der Waals surface area contributed by atoms with Crippen molar-refractivity contribution >= 4 is 11.5 Å². The lowest BCUT2D eigenvalue weighted by Gasteiger charge is -2.29. The van der Waals surface area contributed by atoms with Gasteiger partial charge in [0.25, 0.3) is 0 Å². The number of hydrogen-bond donors (Lipinski definition) is 0. The molecule has 0 saturated carbocycles. The first kappa shape index (κ1) is 15.2. The van der Waals surface area contributed by atoms with E-state index in [2.05, 4.69) is 19.9 Å². The van der Waals surface area contributed by atoms with E-state index in [1.807, 2.05) is 42.5 Å². The summed E-state index contributed by atoms with van der Waals surface area (Å²) in [5.74, 6) is 0.0670. The number of hydrogen-bond acceptors (Lipinski definition) is 3. The highest BCUT2D eigenvalue weighted by molar-refractivity contribution is 6.16. The lowest BCUT2D eigenvalue weighted by Crippen LogP contribution is -2.30. The molecule has 0 radical (unpaired) electrons. The van der Waals surface area contributed by atoms with Gasteiger partial charge in [-0.05, 0) is 43.5 Å². The number of ketones is 1. The summed E-state index contributed by atoms with van der Waals surface area (Å²) in [7, 11) is 0. The van der Waals surface area contributed by atoms with Crippen LogP contribution < -0.4 is 0 Å². The van der Waals surface area contributed by atoms with E-state index in [9.17, 15) is 4.79 Å². The van der Waals surface area contributed by atoms with Crippen LogP contribution in [0.5, 0.6) is 0 Å². The maximum atomic E-state index is 12.5. The third kappa shape index (κ3) is 3.22. The summed E-state index contributed by atoms with van der Waals surface area (Å²) < 4.78 is 0.